The Hall–Kier alpha value is -2.51. The third kappa shape index (κ3) is 4.48. The van der Waals surface area contributed by atoms with Crippen LogP contribution in [0.5, 0.6) is 11.5 Å². The third-order valence-corrected chi connectivity index (χ3v) is 5.29. The molecule has 2 heterocycles. The molecule has 1 aromatic carbocycles. The number of halogens is 1. The van der Waals surface area contributed by atoms with E-state index in [0.717, 1.165) is 10.4 Å². The van der Waals surface area contributed by atoms with Crippen LogP contribution in [0.15, 0.2) is 34.7 Å². The number of hydrogen-bond donors (Lipinski definition) is 0. The van der Waals surface area contributed by atoms with Crippen LogP contribution in [0.4, 0.5) is 0 Å². The molecule has 0 aliphatic rings. The maximum absolute atomic E-state index is 11.8. The van der Waals surface area contributed by atoms with E-state index in [1.54, 1.807) is 26.2 Å². The van der Waals surface area contributed by atoms with Crippen molar-refractivity contribution < 1.29 is 23.4 Å². The van der Waals surface area contributed by atoms with Gasteiger partial charge in [0.25, 0.3) is 0 Å². The topological polar surface area (TPSA) is 70.8 Å². The van der Waals surface area contributed by atoms with Crippen LogP contribution >= 0.6 is 22.9 Å². The molecule has 0 radical (unpaired) electrons. The van der Waals surface area contributed by atoms with E-state index in [9.17, 15) is 4.79 Å². The number of benzene rings is 1. The van der Waals surface area contributed by atoms with Crippen molar-refractivity contribution in [1.29, 1.82) is 0 Å². The van der Waals surface area contributed by atoms with Gasteiger partial charge in [0, 0.05) is 5.88 Å². The highest BCUT2D eigenvalue weighted by Crippen LogP contribution is 2.32. The van der Waals surface area contributed by atoms with Crippen LogP contribution in [0.3, 0.4) is 0 Å². The normalized spacial score (nSPS) is 10.7. The summed E-state index contributed by atoms with van der Waals surface area (Å²) in [6.07, 6.45) is 0. The molecule has 0 spiro atoms. The summed E-state index contributed by atoms with van der Waals surface area (Å²) in [7, 11) is 1.58. The van der Waals surface area contributed by atoms with Crippen LogP contribution < -0.4 is 9.47 Å². The van der Waals surface area contributed by atoms with E-state index in [1.807, 2.05) is 25.1 Å². The zero-order valence-electron chi connectivity index (χ0n) is 15.8. The molecule has 0 fully saturated rings. The maximum Gasteiger partial charge on any atom is 0.348 e. The standard InChI is InChI=1S/C20H20ClNO5S/c1-4-25-20(23)18-8-7-17(28-18)19-22-14(12(2)27-19)11-26-15-6-5-13(10-21)9-16(15)24-3/h5-9H,4,10-11H2,1-3H3. The largest absolute Gasteiger partial charge is 0.493 e. The van der Waals surface area contributed by atoms with E-state index < -0.39 is 0 Å². The minimum Gasteiger partial charge on any atom is -0.493 e. The van der Waals surface area contributed by atoms with E-state index in [2.05, 4.69) is 4.98 Å². The second-order valence-corrected chi connectivity index (χ2v) is 7.16. The van der Waals surface area contributed by atoms with Gasteiger partial charge < -0.3 is 18.6 Å². The predicted octanol–water partition coefficient (Wildman–Crippen LogP) is 5.21. The summed E-state index contributed by atoms with van der Waals surface area (Å²) in [6, 6.07) is 9.04. The van der Waals surface area contributed by atoms with Gasteiger partial charge >= 0.3 is 5.97 Å². The lowest BCUT2D eigenvalue weighted by molar-refractivity contribution is 0.0532. The Bertz CT molecular complexity index is 965. The first kappa shape index (κ1) is 20.2. The van der Waals surface area contributed by atoms with Gasteiger partial charge in [-0.05, 0) is 43.7 Å². The van der Waals surface area contributed by atoms with Crippen molar-refractivity contribution in [3.8, 4) is 22.3 Å². The first-order valence-corrected chi connectivity index (χ1v) is 10.00. The van der Waals surface area contributed by atoms with Gasteiger partial charge in [-0.25, -0.2) is 9.78 Å². The van der Waals surface area contributed by atoms with Crippen molar-refractivity contribution in [1.82, 2.24) is 4.98 Å². The van der Waals surface area contributed by atoms with Gasteiger partial charge in [-0.15, -0.1) is 22.9 Å². The van der Waals surface area contributed by atoms with Crippen LogP contribution in [0.25, 0.3) is 10.8 Å². The molecule has 2 aromatic heterocycles. The molecule has 0 bridgehead atoms. The van der Waals surface area contributed by atoms with Crippen LogP contribution in [-0.2, 0) is 17.2 Å². The average molecular weight is 422 g/mol. The van der Waals surface area contributed by atoms with E-state index in [4.69, 9.17) is 30.2 Å². The zero-order valence-corrected chi connectivity index (χ0v) is 17.4. The molecule has 0 atom stereocenters. The predicted molar refractivity (Wildman–Crippen MR) is 107 cm³/mol. The second kappa shape index (κ2) is 9.12. The summed E-state index contributed by atoms with van der Waals surface area (Å²) in [4.78, 5) is 17.6. The number of rotatable bonds is 8. The van der Waals surface area contributed by atoms with E-state index in [-0.39, 0.29) is 12.6 Å². The fraction of sp³-hybridized carbons (Fsp3) is 0.300. The highest BCUT2D eigenvalue weighted by atomic mass is 35.5. The Labute approximate surface area is 172 Å². The number of thiophene rings is 1. The lowest BCUT2D eigenvalue weighted by atomic mass is 10.2. The van der Waals surface area contributed by atoms with Gasteiger partial charge in [0.05, 0.1) is 18.6 Å². The van der Waals surface area contributed by atoms with Crippen LogP contribution in [0, 0.1) is 6.92 Å². The quantitative estimate of drug-likeness (QED) is 0.367. The van der Waals surface area contributed by atoms with Crippen LogP contribution in [-0.4, -0.2) is 24.7 Å². The summed E-state index contributed by atoms with van der Waals surface area (Å²) in [5.41, 5.74) is 1.62. The number of aryl methyl sites for hydroxylation is 1. The van der Waals surface area contributed by atoms with Gasteiger partial charge in [-0.2, -0.15) is 0 Å². The zero-order chi connectivity index (χ0) is 20.1. The first-order chi connectivity index (χ1) is 13.5. The smallest absolute Gasteiger partial charge is 0.348 e. The second-order valence-electron chi connectivity index (χ2n) is 5.81. The van der Waals surface area contributed by atoms with Gasteiger partial charge in [0.1, 0.15) is 22.9 Å². The van der Waals surface area contributed by atoms with Crippen molar-refractivity contribution in [2.45, 2.75) is 26.3 Å². The fourth-order valence-electron chi connectivity index (χ4n) is 2.49. The summed E-state index contributed by atoms with van der Waals surface area (Å²) in [6.45, 7) is 4.15. The number of ether oxygens (including phenoxy) is 3. The van der Waals surface area contributed by atoms with Crippen molar-refractivity contribution in [3.05, 3.63) is 52.2 Å². The molecule has 3 rings (SSSR count). The van der Waals surface area contributed by atoms with Gasteiger partial charge in [-0.1, -0.05) is 6.07 Å². The maximum atomic E-state index is 11.8. The van der Waals surface area contributed by atoms with E-state index >= 15 is 0 Å². The summed E-state index contributed by atoms with van der Waals surface area (Å²) in [5.74, 6) is 2.35. The van der Waals surface area contributed by atoms with Crippen molar-refractivity contribution in [2.75, 3.05) is 13.7 Å². The van der Waals surface area contributed by atoms with Gasteiger partial charge in [0.15, 0.2) is 11.5 Å². The number of nitrogens with zero attached hydrogens (tertiary/aromatic N) is 1. The molecule has 6 nitrogen and oxygen atoms in total. The van der Waals surface area contributed by atoms with Crippen molar-refractivity contribution in [3.63, 3.8) is 0 Å². The Morgan fingerprint density at radius 2 is 2.07 bits per heavy atom. The third-order valence-electron chi connectivity index (χ3n) is 3.93. The van der Waals surface area contributed by atoms with Crippen molar-refractivity contribution in [2.24, 2.45) is 0 Å². The Balaban J connectivity index is 1.74. The number of alkyl halides is 1. The number of hydrogen-bond acceptors (Lipinski definition) is 7. The highest BCUT2D eigenvalue weighted by molar-refractivity contribution is 7.17. The molecule has 3 aromatic rings. The summed E-state index contributed by atoms with van der Waals surface area (Å²) < 4.78 is 22.0. The monoisotopic (exact) mass is 421 g/mol. The van der Waals surface area contributed by atoms with Crippen LogP contribution in [0.1, 0.15) is 33.6 Å². The average Bonchev–Trinajstić information content (AvgIpc) is 3.33. The molecular weight excluding hydrogens is 402 g/mol. The van der Waals surface area contributed by atoms with E-state index in [1.165, 1.54) is 11.3 Å². The van der Waals surface area contributed by atoms with Gasteiger partial charge in [0.2, 0.25) is 5.89 Å². The number of carbonyl (C=O) groups is 1. The molecule has 0 aliphatic carbocycles. The molecule has 28 heavy (non-hydrogen) atoms. The molecule has 0 saturated heterocycles. The molecular formula is C20H20ClNO5S. The Morgan fingerprint density at radius 1 is 1.25 bits per heavy atom. The molecule has 148 valence electrons. The molecule has 0 unspecified atom stereocenters. The minimum atomic E-state index is -0.349. The van der Waals surface area contributed by atoms with Gasteiger partial charge in [-0.3, -0.25) is 0 Å². The minimum absolute atomic E-state index is 0.224. The number of aromatic nitrogens is 1. The van der Waals surface area contributed by atoms with Crippen molar-refractivity contribution >= 4 is 28.9 Å². The Morgan fingerprint density at radius 3 is 2.79 bits per heavy atom. The molecule has 8 heteroatoms. The SMILES string of the molecule is CCOC(=O)c1ccc(-c2nc(COc3ccc(CCl)cc3OC)c(C)o2)s1. The molecule has 0 saturated carbocycles. The lowest BCUT2D eigenvalue weighted by Gasteiger charge is -2.10. The first-order valence-electron chi connectivity index (χ1n) is 8.65. The number of oxazole rings is 1. The molecule has 0 aliphatic heterocycles. The Kier molecular flexibility index (Phi) is 6.59. The fourth-order valence-corrected chi connectivity index (χ4v) is 3.48. The lowest BCUT2D eigenvalue weighted by Crippen LogP contribution is -2.01. The van der Waals surface area contributed by atoms with Crippen LogP contribution in [0.2, 0.25) is 0 Å². The number of methoxy groups -OCH3 is 1. The van der Waals surface area contributed by atoms with E-state index in [0.29, 0.717) is 46.2 Å². The highest BCUT2D eigenvalue weighted by Gasteiger charge is 2.17. The summed E-state index contributed by atoms with van der Waals surface area (Å²) in [5, 5.41) is 0. The number of esters is 1. The molecule has 0 N–H and O–H groups in total. The number of carbonyl (C=O) groups excluding carboxylic acids is 1. The molecule has 0 amide bonds. The summed E-state index contributed by atoms with van der Waals surface area (Å²) >= 11 is 7.13.